The Morgan fingerprint density at radius 1 is 1.41 bits per heavy atom. The minimum Gasteiger partial charge on any atom is -0.318 e. The number of carbonyl (C=O) groups is 1. The Bertz CT molecular complexity index is 611. The molecular weight excluding hydrogens is 240 g/mol. The fourth-order valence-corrected chi connectivity index (χ4v) is 3.62. The van der Waals surface area contributed by atoms with E-state index in [2.05, 4.69) is 4.85 Å². The van der Waals surface area contributed by atoms with Crippen LogP contribution in [0.25, 0.3) is 4.85 Å². The van der Waals surface area contributed by atoms with Crippen LogP contribution in [0.2, 0.25) is 0 Å². The Balaban J connectivity index is 2.29. The van der Waals surface area contributed by atoms with Gasteiger partial charge in [-0.05, 0) is 0 Å². The summed E-state index contributed by atoms with van der Waals surface area (Å²) in [6.45, 7) is 7.75. The van der Waals surface area contributed by atoms with Gasteiger partial charge in [-0.15, -0.1) is 0 Å². The minimum absolute atomic E-state index is 0.0711. The highest BCUT2D eigenvalue weighted by molar-refractivity contribution is 7.09. The van der Waals surface area contributed by atoms with Gasteiger partial charge in [-0.3, -0.25) is 14.2 Å². The molecule has 1 fully saturated rings. The Labute approximate surface area is 101 Å². The van der Waals surface area contributed by atoms with E-state index in [1.165, 1.54) is 9.47 Å². The average Bonchev–Trinajstić information content (AvgIpc) is 2.74. The van der Waals surface area contributed by atoms with Crippen molar-refractivity contribution < 1.29 is 4.79 Å². The fraction of sp³-hybridized carbons (Fsp3) is 0.500. The number of carbonyl (C=O) groups excluding carboxylic acids is 1. The maximum atomic E-state index is 11.9. The smallest absolute Gasteiger partial charge is 0.318 e. The largest absolute Gasteiger partial charge is 0.344 e. The van der Waals surface area contributed by atoms with Crippen molar-refractivity contribution in [3.8, 4) is 0 Å². The van der Waals surface area contributed by atoms with Crippen molar-refractivity contribution in [1.82, 2.24) is 14.4 Å². The fourth-order valence-electron chi connectivity index (χ4n) is 2.48. The van der Waals surface area contributed by atoms with Gasteiger partial charge < -0.3 is 4.90 Å². The van der Waals surface area contributed by atoms with E-state index in [0.29, 0.717) is 12.2 Å². The van der Waals surface area contributed by atoms with Crippen LogP contribution in [0.4, 0.5) is 4.79 Å². The third kappa shape index (κ3) is 1.08. The molecule has 2 bridgehead atoms. The first kappa shape index (κ1) is 10.4. The Morgan fingerprint density at radius 2 is 2.12 bits per heavy atom. The molecule has 3 heterocycles. The van der Waals surface area contributed by atoms with Gasteiger partial charge in [-0.25, -0.2) is 16.3 Å². The molecule has 2 aliphatic heterocycles. The normalized spacial score (nSPS) is 26.1. The first-order valence-electron chi connectivity index (χ1n) is 5.16. The van der Waals surface area contributed by atoms with Gasteiger partial charge in [-0.1, -0.05) is 11.3 Å². The average molecular weight is 250 g/mol. The number of urea groups is 1. The van der Waals surface area contributed by atoms with E-state index in [0.717, 1.165) is 16.2 Å². The monoisotopic (exact) mass is 250 g/mol. The third-order valence-corrected chi connectivity index (χ3v) is 4.58. The van der Waals surface area contributed by atoms with Gasteiger partial charge in [-0.2, -0.15) is 0 Å². The molecular formula is C10H10N4O2S. The highest BCUT2D eigenvalue weighted by Gasteiger charge is 2.51. The summed E-state index contributed by atoms with van der Waals surface area (Å²) in [4.78, 5) is 31.1. The highest BCUT2D eigenvalue weighted by Crippen LogP contribution is 2.44. The molecule has 7 heteroatoms. The molecule has 1 aromatic rings. The summed E-state index contributed by atoms with van der Waals surface area (Å²) in [6, 6.07) is -0.207. The lowest BCUT2D eigenvalue weighted by molar-refractivity contribution is 0.189. The van der Waals surface area contributed by atoms with Gasteiger partial charge in [0, 0.05) is 14.1 Å². The summed E-state index contributed by atoms with van der Waals surface area (Å²) in [5, 5.41) is 0. The number of likely N-dealkylation sites (N-methyl/N-ethyl adjacent to an activating group) is 1. The van der Waals surface area contributed by atoms with Gasteiger partial charge in [0.1, 0.15) is 5.69 Å². The van der Waals surface area contributed by atoms with Gasteiger partial charge in [0.25, 0.3) is 0 Å². The zero-order valence-corrected chi connectivity index (χ0v) is 10.2. The zero-order chi connectivity index (χ0) is 12.3. The second-order valence-electron chi connectivity index (χ2n) is 4.24. The Kier molecular flexibility index (Phi) is 1.89. The van der Waals surface area contributed by atoms with Crippen molar-refractivity contribution in [2.75, 3.05) is 13.6 Å². The van der Waals surface area contributed by atoms with E-state index in [4.69, 9.17) is 6.57 Å². The van der Waals surface area contributed by atoms with E-state index < -0.39 is 6.17 Å². The zero-order valence-electron chi connectivity index (χ0n) is 9.38. The van der Waals surface area contributed by atoms with Crippen molar-refractivity contribution in [2.45, 2.75) is 12.2 Å². The molecule has 2 atom stereocenters. The molecule has 2 amide bonds. The SMILES string of the molecule is [C-]#[N+][C@@H]1c2c(sc(=O)n2C)[C@@H]2CN1C(=O)N2C. The quantitative estimate of drug-likeness (QED) is 0.639. The third-order valence-electron chi connectivity index (χ3n) is 3.43. The number of aromatic nitrogens is 1. The number of hydrogen-bond donors (Lipinski definition) is 0. The molecule has 0 spiro atoms. The molecule has 0 radical (unpaired) electrons. The predicted octanol–water partition coefficient (Wildman–Crippen LogP) is 0.787. The summed E-state index contributed by atoms with van der Waals surface area (Å²) in [6.07, 6.45) is -0.650. The van der Waals surface area contributed by atoms with E-state index in [1.54, 1.807) is 19.0 Å². The van der Waals surface area contributed by atoms with Crippen LogP contribution in [0.1, 0.15) is 22.8 Å². The van der Waals surface area contributed by atoms with Gasteiger partial charge in [0.2, 0.25) is 0 Å². The second kappa shape index (κ2) is 3.11. The summed E-state index contributed by atoms with van der Waals surface area (Å²) in [7, 11) is 3.37. The number of rotatable bonds is 0. The van der Waals surface area contributed by atoms with Crippen molar-refractivity contribution in [1.29, 1.82) is 0 Å². The van der Waals surface area contributed by atoms with Gasteiger partial charge >= 0.3 is 17.1 Å². The number of amides is 2. The number of hydrogen-bond acceptors (Lipinski definition) is 3. The summed E-state index contributed by atoms with van der Waals surface area (Å²) < 4.78 is 1.49. The number of nitrogens with zero attached hydrogens (tertiary/aromatic N) is 4. The number of fused-ring (bicyclic) bond motifs is 4. The van der Waals surface area contributed by atoms with E-state index in [-0.39, 0.29) is 16.9 Å². The molecule has 0 N–H and O–H groups in total. The summed E-state index contributed by atoms with van der Waals surface area (Å²) in [5.74, 6) is 0. The van der Waals surface area contributed by atoms with E-state index in [1.807, 2.05) is 0 Å². The maximum absolute atomic E-state index is 11.9. The van der Waals surface area contributed by atoms with Crippen LogP contribution in [-0.2, 0) is 7.05 Å². The lowest BCUT2D eigenvalue weighted by atomic mass is 10.1. The minimum atomic E-state index is -0.650. The van der Waals surface area contributed by atoms with Gasteiger partial charge in [0.15, 0.2) is 0 Å². The summed E-state index contributed by atoms with van der Waals surface area (Å²) >= 11 is 1.14. The van der Waals surface area contributed by atoms with Crippen LogP contribution >= 0.6 is 11.3 Å². The van der Waals surface area contributed by atoms with Crippen LogP contribution in [-0.4, -0.2) is 34.0 Å². The molecule has 0 aliphatic carbocycles. The topological polar surface area (TPSA) is 49.9 Å². The first-order valence-corrected chi connectivity index (χ1v) is 5.97. The van der Waals surface area contributed by atoms with Crippen molar-refractivity contribution in [3.05, 3.63) is 31.7 Å². The van der Waals surface area contributed by atoms with Crippen molar-refractivity contribution in [3.63, 3.8) is 0 Å². The molecule has 1 aromatic heterocycles. The Hall–Kier alpha value is -1.81. The van der Waals surface area contributed by atoms with Gasteiger partial charge in [0.05, 0.1) is 17.5 Å². The molecule has 0 aromatic carbocycles. The first-order chi connectivity index (χ1) is 8.06. The number of thiazole rings is 1. The van der Waals surface area contributed by atoms with E-state index >= 15 is 0 Å². The molecule has 1 saturated heterocycles. The Morgan fingerprint density at radius 3 is 2.76 bits per heavy atom. The molecule has 6 nitrogen and oxygen atoms in total. The lowest BCUT2D eigenvalue weighted by Crippen LogP contribution is -2.33. The molecule has 0 saturated carbocycles. The van der Waals surface area contributed by atoms with E-state index in [9.17, 15) is 9.59 Å². The summed E-state index contributed by atoms with van der Waals surface area (Å²) in [5.41, 5.74) is 0.684. The molecule has 88 valence electrons. The molecule has 0 unspecified atom stereocenters. The van der Waals surface area contributed by atoms with Crippen LogP contribution in [0.15, 0.2) is 4.79 Å². The van der Waals surface area contributed by atoms with Crippen LogP contribution in [0.5, 0.6) is 0 Å². The van der Waals surface area contributed by atoms with Crippen LogP contribution in [0.3, 0.4) is 0 Å². The lowest BCUT2D eigenvalue weighted by Gasteiger charge is -2.22. The highest BCUT2D eigenvalue weighted by atomic mass is 32.1. The van der Waals surface area contributed by atoms with Crippen LogP contribution in [0, 0.1) is 6.57 Å². The molecule has 17 heavy (non-hydrogen) atoms. The molecule has 3 rings (SSSR count). The molecule has 2 aliphatic rings. The van der Waals surface area contributed by atoms with Crippen molar-refractivity contribution in [2.24, 2.45) is 7.05 Å². The van der Waals surface area contributed by atoms with Crippen LogP contribution < -0.4 is 4.87 Å². The van der Waals surface area contributed by atoms with Crippen molar-refractivity contribution >= 4 is 17.4 Å². The predicted molar refractivity (Wildman–Crippen MR) is 61.5 cm³/mol. The second-order valence-corrected chi connectivity index (χ2v) is 5.23. The standard InChI is InChI=1S/C10H10N4O2S/c1-11-8-6-7(17-10(16)13(6)3)5-4-14(8)9(15)12(5)2/h5,8H,4H2,2-3H3/t5-,8-/m0/s1. The maximum Gasteiger partial charge on any atom is 0.344 e.